The van der Waals surface area contributed by atoms with Gasteiger partial charge in [-0.15, -0.1) is 10.2 Å². The van der Waals surface area contributed by atoms with E-state index >= 15 is 0 Å². The van der Waals surface area contributed by atoms with Gasteiger partial charge in [0.25, 0.3) is 5.56 Å². The summed E-state index contributed by atoms with van der Waals surface area (Å²) in [6, 6.07) is 16.1. The van der Waals surface area contributed by atoms with Gasteiger partial charge in [-0.05, 0) is 40.7 Å². The lowest BCUT2D eigenvalue weighted by molar-refractivity contribution is 0.576. The number of hydrogen-bond acceptors (Lipinski definition) is 6. The Labute approximate surface area is 206 Å². The number of tetrazole rings is 1. The second-order valence-electron chi connectivity index (χ2n) is 9.32. The van der Waals surface area contributed by atoms with Crippen LogP contribution in [0.15, 0.2) is 58.1 Å². The summed E-state index contributed by atoms with van der Waals surface area (Å²) in [7, 11) is 1.55. The molecule has 0 radical (unpaired) electrons. The lowest BCUT2D eigenvalue weighted by Gasteiger charge is -2.12. The Morgan fingerprint density at radius 2 is 1.75 bits per heavy atom. The normalized spacial score (nSPS) is 13.5. The van der Waals surface area contributed by atoms with Crippen LogP contribution in [0.25, 0.3) is 33.7 Å². The first-order chi connectivity index (χ1) is 17.5. The van der Waals surface area contributed by atoms with Crippen LogP contribution in [-0.2, 0) is 26.6 Å². The van der Waals surface area contributed by atoms with E-state index in [1.807, 2.05) is 35.8 Å². The molecule has 2 aromatic carbocycles. The molecule has 3 aromatic heterocycles. The van der Waals surface area contributed by atoms with Crippen molar-refractivity contribution in [1.29, 1.82) is 0 Å². The lowest BCUT2D eigenvalue weighted by Crippen LogP contribution is -2.39. The van der Waals surface area contributed by atoms with Gasteiger partial charge in [-0.1, -0.05) is 55.5 Å². The van der Waals surface area contributed by atoms with E-state index < -0.39 is 0 Å². The molecule has 1 saturated carbocycles. The average Bonchev–Trinajstić information content (AvgIpc) is 3.41. The van der Waals surface area contributed by atoms with Crippen LogP contribution in [0.1, 0.15) is 31.2 Å². The fourth-order valence-corrected chi connectivity index (χ4v) is 4.74. The second-order valence-corrected chi connectivity index (χ2v) is 9.32. The zero-order valence-corrected chi connectivity index (χ0v) is 20.2. The highest BCUT2D eigenvalue weighted by molar-refractivity contribution is 5.80. The van der Waals surface area contributed by atoms with Crippen LogP contribution in [-0.4, -0.2) is 39.3 Å². The largest absolute Gasteiger partial charge is 0.332 e. The molecule has 6 rings (SSSR count). The molecule has 10 heteroatoms. The number of nitrogens with zero attached hydrogens (tertiary/aromatic N) is 7. The highest BCUT2D eigenvalue weighted by atomic mass is 16.2. The molecule has 3 heterocycles. The van der Waals surface area contributed by atoms with Gasteiger partial charge in [0.15, 0.2) is 11.2 Å². The highest BCUT2D eigenvalue weighted by Gasteiger charge is 2.26. The van der Waals surface area contributed by atoms with Crippen molar-refractivity contribution in [3.63, 3.8) is 0 Å². The third-order valence-corrected chi connectivity index (χ3v) is 6.88. The number of fused-ring (bicyclic) bond motifs is 1. The van der Waals surface area contributed by atoms with Crippen LogP contribution in [0.3, 0.4) is 0 Å². The van der Waals surface area contributed by atoms with Gasteiger partial charge in [0.2, 0.25) is 5.82 Å². The van der Waals surface area contributed by atoms with Gasteiger partial charge in [0, 0.05) is 32.1 Å². The quantitative estimate of drug-likeness (QED) is 0.381. The van der Waals surface area contributed by atoms with Gasteiger partial charge in [-0.2, -0.15) is 5.21 Å². The first-order valence-electron chi connectivity index (χ1n) is 12.2. The first-order valence-corrected chi connectivity index (χ1v) is 12.2. The molecule has 182 valence electrons. The first kappa shape index (κ1) is 22.1. The van der Waals surface area contributed by atoms with Crippen LogP contribution < -0.4 is 11.2 Å². The molecule has 1 aliphatic rings. The smallest absolute Gasteiger partial charge is 0.318 e. The molecule has 0 unspecified atom stereocenters. The lowest BCUT2D eigenvalue weighted by atomic mass is 9.98. The van der Waals surface area contributed by atoms with Crippen molar-refractivity contribution in [2.75, 3.05) is 0 Å². The molecule has 0 spiro atoms. The maximum absolute atomic E-state index is 13.2. The van der Waals surface area contributed by atoms with Crippen molar-refractivity contribution in [1.82, 2.24) is 39.3 Å². The summed E-state index contributed by atoms with van der Waals surface area (Å²) in [5.74, 6) is 1.82. The Kier molecular flexibility index (Phi) is 5.36. The number of hydrogen-bond donors (Lipinski definition) is 1. The van der Waals surface area contributed by atoms with Crippen LogP contribution >= 0.6 is 0 Å². The fourth-order valence-electron chi connectivity index (χ4n) is 4.74. The molecule has 0 saturated heterocycles. The summed E-state index contributed by atoms with van der Waals surface area (Å²) < 4.78 is 4.85. The Bertz CT molecular complexity index is 1670. The number of benzene rings is 2. The van der Waals surface area contributed by atoms with Crippen LogP contribution in [0.5, 0.6) is 0 Å². The summed E-state index contributed by atoms with van der Waals surface area (Å²) in [5, 5.41) is 14.4. The molecule has 0 aliphatic heterocycles. The zero-order chi connectivity index (χ0) is 24.8. The van der Waals surface area contributed by atoms with E-state index in [9.17, 15) is 9.59 Å². The Morgan fingerprint density at radius 3 is 2.42 bits per heavy atom. The number of imidazole rings is 1. The summed E-state index contributed by atoms with van der Waals surface area (Å²) >= 11 is 0. The topological polar surface area (TPSA) is 116 Å². The van der Waals surface area contributed by atoms with Crippen molar-refractivity contribution < 1.29 is 0 Å². The van der Waals surface area contributed by atoms with Crippen LogP contribution in [0.2, 0.25) is 0 Å². The second kappa shape index (κ2) is 8.71. The average molecular weight is 483 g/mol. The molecule has 10 nitrogen and oxygen atoms in total. The molecular formula is C26H26N8O2. The number of rotatable bonds is 7. The predicted octanol–water partition coefficient (Wildman–Crippen LogP) is 2.76. The van der Waals surface area contributed by atoms with Gasteiger partial charge in [0.05, 0.1) is 0 Å². The van der Waals surface area contributed by atoms with Gasteiger partial charge in [-0.3, -0.25) is 13.9 Å². The van der Waals surface area contributed by atoms with Crippen LogP contribution in [0, 0.1) is 5.92 Å². The monoisotopic (exact) mass is 482 g/mol. The van der Waals surface area contributed by atoms with Crippen molar-refractivity contribution in [2.24, 2.45) is 13.0 Å². The summed E-state index contributed by atoms with van der Waals surface area (Å²) in [6.45, 7) is 3.12. The third kappa shape index (κ3) is 3.74. The van der Waals surface area contributed by atoms with Crippen LogP contribution in [0.4, 0.5) is 0 Å². The van der Waals surface area contributed by atoms with E-state index in [0.29, 0.717) is 42.4 Å². The van der Waals surface area contributed by atoms with Gasteiger partial charge in [-0.25, -0.2) is 9.78 Å². The maximum Gasteiger partial charge on any atom is 0.332 e. The van der Waals surface area contributed by atoms with Crippen molar-refractivity contribution >= 4 is 11.2 Å². The van der Waals surface area contributed by atoms with Crippen molar-refractivity contribution in [3.8, 4) is 22.5 Å². The standard InChI is InChI=1S/C26H26N8O2/c1-3-21-27-24-22(25(35)32(2)26(36)34(24)15-16-8-9-16)33(21)14-17-10-12-18(13-11-17)19-6-4-5-7-20(19)23-28-30-31-29-23/h4-7,10-13,16H,3,8-9,14-15H2,1-2H3,(H,28,29,30,31). The number of aromatic nitrogens is 8. The molecule has 0 atom stereocenters. The predicted molar refractivity (Wildman–Crippen MR) is 135 cm³/mol. The minimum Gasteiger partial charge on any atom is -0.318 e. The minimum atomic E-state index is -0.306. The molecular weight excluding hydrogens is 456 g/mol. The molecule has 0 amide bonds. The summed E-state index contributed by atoms with van der Waals surface area (Å²) in [6.07, 6.45) is 2.88. The van der Waals surface area contributed by atoms with Crippen molar-refractivity contribution in [3.05, 3.63) is 80.8 Å². The molecule has 1 aliphatic carbocycles. The van der Waals surface area contributed by atoms with E-state index in [-0.39, 0.29) is 11.2 Å². The number of aryl methyl sites for hydroxylation is 1. The maximum atomic E-state index is 13.2. The SMILES string of the molecule is CCc1nc2c(c(=O)n(C)c(=O)n2CC2CC2)n1Cc1ccc(-c2ccccc2-c2nn[nH]n2)cc1. The Morgan fingerprint density at radius 1 is 1.00 bits per heavy atom. The minimum absolute atomic E-state index is 0.295. The van der Waals surface area contributed by atoms with Gasteiger partial charge >= 0.3 is 5.69 Å². The van der Waals surface area contributed by atoms with E-state index in [1.54, 1.807) is 11.6 Å². The Hall–Kier alpha value is -4.34. The van der Waals surface area contributed by atoms with E-state index in [0.717, 1.165) is 40.9 Å². The number of H-pyrrole nitrogens is 1. The summed E-state index contributed by atoms with van der Waals surface area (Å²) in [5.41, 5.74) is 4.34. The van der Waals surface area contributed by atoms with Gasteiger partial charge in [0.1, 0.15) is 5.82 Å². The van der Waals surface area contributed by atoms with Crippen molar-refractivity contribution in [2.45, 2.75) is 39.3 Å². The highest BCUT2D eigenvalue weighted by Crippen LogP contribution is 2.31. The molecule has 1 fully saturated rings. The number of aromatic amines is 1. The molecule has 36 heavy (non-hydrogen) atoms. The Balaban J connectivity index is 1.40. The van der Waals surface area contributed by atoms with E-state index in [4.69, 9.17) is 4.98 Å². The third-order valence-electron chi connectivity index (χ3n) is 6.88. The van der Waals surface area contributed by atoms with Gasteiger partial charge < -0.3 is 4.57 Å². The molecule has 0 bridgehead atoms. The van der Waals surface area contributed by atoms with E-state index in [1.165, 1.54) is 4.57 Å². The zero-order valence-electron chi connectivity index (χ0n) is 20.2. The summed E-state index contributed by atoms with van der Waals surface area (Å²) in [4.78, 5) is 30.8. The molecule has 5 aromatic rings. The number of nitrogens with one attached hydrogen (secondary N) is 1. The molecule has 1 N–H and O–H groups in total. The fraction of sp³-hybridized carbons (Fsp3) is 0.308. The van der Waals surface area contributed by atoms with E-state index in [2.05, 4.69) is 44.9 Å².